The molecule has 2 heterocycles. The minimum atomic E-state index is -0.570. The van der Waals surface area contributed by atoms with E-state index in [1.165, 1.54) is 6.07 Å². The molecular weight excluding hydrogens is 292 g/mol. The summed E-state index contributed by atoms with van der Waals surface area (Å²) in [5.41, 5.74) is 5.62. The average molecular weight is 309 g/mol. The van der Waals surface area contributed by atoms with Crippen LogP contribution < -0.4 is 10.6 Å². The van der Waals surface area contributed by atoms with E-state index in [2.05, 4.69) is 19.7 Å². The highest BCUT2D eigenvalue weighted by molar-refractivity contribution is 6.29. The zero-order valence-electron chi connectivity index (χ0n) is 12.0. The molecule has 0 saturated carbocycles. The first kappa shape index (κ1) is 15.2. The van der Waals surface area contributed by atoms with Gasteiger partial charge >= 0.3 is 0 Å². The number of nitrogens with zero attached hydrogens (tertiary/aromatic N) is 5. The molecule has 0 radical (unpaired) electrons. The van der Waals surface area contributed by atoms with Gasteiger partial charge in [0.1, 0.15) is 5.82 Å². The van der Waals surface area contributed by atoms with Crippen LogP contribution in [0.4, 0.5) is 5.82 Å². The molecule has 0 spiro atoms. The highest BCUT2D eigenvalue weighted by Crippen LogP contribution is 2.18. The summed E-state index contributed by atoms with van der Waals surface area (Å²) in [4.78, 5) is 17.5. The van der Waals surface area contributed by atoms with Gasteiger partial charge in [-0.25, -0.2) is 4.98 Å². The molecule has 0 atom stereocenters. The van der Waals surface area contributed by atoms with Gasteiger partial charge in [-0.3, -0.25) is 4.79 Å². The quantitative estimate of drug-likeness (QED) is 0.867. The smallest absolute Gasteiger partial charge is 0.252 e. The molecule has 21 heavy (non-hydrogen) atoms. The Morgan fingerprint density at radius 2 is 2.24 bits per heavy atom. The molecule has 0 aliphatic heterocycles. The summed E-state index contributed by atoms with van der Waals surface area (Å²) in [7, 11) is 1.84. The number of primary amides is 1. The van der Waals surface area contributed by atoms with Crippen molar-refractivity contribution in [1.29, 1.82) is 0 Å². The zero-order chi connectivity index (χ0) is 15.4. The first-order valence-corrected chi connectivity index (χ1v) is 6.88. The molecule has 0 bridgehead atoms. The number of halogens is 1. The fraction of sp³-hybridized carbons (Fsp3) is 0.385. The molecule has 0 fully saturated rings. The van der Waals surface area contributed by atoms with Crippen molar-refractivity contribution in [2.45, 2.75) is 19.9 Å². The third kappa shape index (κ3) is 3.69. The number of aromatic nitrogens is 4. The Morgan fingerprint density at radius 3 is 2.86 bits per heavy atom. The number of hydrogen-bond acceptors (Lipinski definition) is 5. The number of aryl methyl sites for hydroxylation is 2. The maximum absolute atomic E-state index is 11.4. The van der Waals surface area contributed by atoms with E-state index >= 15 is 0 Å². The third-order valence-corrected chi connectivity index (χ3v) is 3.37. The number of nitrogens with two attached hydrogens (primary N) is 1. The zero-order valence-corrected chi connectivity index (χ0v) is 12.7. The van der Waals surface area contributed by atoms with E-state index in [1.807, 2.05) is 25.1 Å². The standard InChI is InChI=1S/C13H17ClN6O/c1-9-16-4-7-20(9)6-3-5-19(2)13-10(12(15)21)8-11(14)17-18-13/h4,7-8H,3,5-6H2,1-2H3,(H2,15,21). The lowest BCUT2D eigenvalue weighted by atomic mass is 10.2. The minimum absolute atomic E-state index is 0.148. The highest BCUT2D eigenvalue weighted by Gasteiger charge is 2.15. The lowest BCUT2D eigenvalue weighted by Gasteiger charge is -2.19. The van der Waals surface area contributed by atoms with Gasteiger partial charge in [0.15, 0.2) is 11.0 Å². The van der Waals surface area contributed by atoms with Crippen molar-refractivity contribution in [2.24, 2.45) is 5.73 Å². The van der Waals surface area contributed by atoms with Gasteiger partial charge in [0.25, 0.3) is 5.91 Å². The lowest BCUT2D eigenvalue weighted by Crippen LogP contribution is -2.25. The third-order valence-electron chi connectivity index (χ3n) is 3.19. The summed E-state index contributed by atoms with van der Waals surface area (Å²) in [5.74, 6) is 0.843. The number of carbonyl (C=O) groups is 1. The van der Waals surface area contributed by atoms with Gasteiger partial charge < -0.3 is 15.2 Å². The van der Waals surface area contributed by atoms with Crippen LogP contribution >= 0.6 is 11.6 Å². The average Bonchev–Trinajstić information content (AvgIpc) is 2.84. The SMILES string of the molecule is Cc1nccn1CCCN(C)c1nnc(Cl)cc1C(N)=O. The molecule has 2 aromatic heterocycles. The van der Waals surface area contributed by atoms with Crippen molar-refractivity contribution < 1.29 is 4.79 Å². The Labute approximate surface area is 127 Å². The monoisotopic (exact) mass is 308 g/mol. The molecule has 0 unspecified atom stereocenters. The van der Waals surface area contributed by atoms with Crippen LogP contribution in [0.25, 0.3) is 0 Å². The normalized spacial score (nSPS) is 10.6. The van der Waals surface area contributed by atoms with E-state index in [1.54, 1.807) is 6.20 Å². The summed E-state index contributed by atoms with van der Waals surface area (Å²) in [6.07, 6.45) is 4.58. The Bertz CT molecular complexity index is 641. The summed E-state index contributed by atoms with van der Waals surface area (Å²) in [5, 5.41) is 7.87. The van der Waals surface area contributed by atoms with Crippen LogP contribution in [0.3, 0.4) is 0 Å². The van der Waals surface area contributed by atoms with Gasteiger partial charge in [-0.2, -0.15) is 0 Å². The fourth-order valence-corrected chi connectivity index (χ4v) is 2.20. The fourth-order valence-electron chi connectivity index (χ4n) is 2.05. The number of rotatable bonds is 6. The molecule has 2 N–H and O–H groups in total. The van der Waals surface area contributed by atoms with E-state index in [9.17, 15) is 4.79 Å². The van der Waals surface area contributed by atoms with Crippen molar-refractivity contribution in [1.82, 2.24) is 19.7 Å². The summed E-state index contributed by atoms with van der Waals surface area (Å²) in [6, 6.07) is 1.43. The first-order chi connectivity index (χ1) is 9.99. The molecule has 2 rings (SSSR count). The van der Waals surface area contributed by atoms with Gasteiger partial charge in [0, 0.05) is 32.5 Å². The molecule has 112 valence electrons. The van der Waals surface area contributed by atoms with Crippen molar-refractivity contribution in [3.63, 3.8) is 0 Å². The van der Waals surface area contributed by atoms with Crippen LogP contribution in [0.2, 0.25) is 5.15 Å². The summed E-state index contributed by atoms with van der Waals surface area (Å²) in [6.45, 7) is 3.50. The molecule has 8 heteroatoms. The van der Waals surface area contributed by atoms with Gasteiger partial charge in [0.2, 0.25) is 0 Å². The Kier molecular flexibility index (Phi) is 4.74. The maximum Gasteiger partial charge on any atom is 0.252 e. The largest absolute Gasteiger partial charge is 0.365 e. The molecule has 2 aromatic rings. The molecule has 0 aliphatic carbocycles. The highest BCUT2D eigenvalue weighted by atomic mass is 35.5. The molecule has 1 amide bonds. The van der Waals surface area contributed by atoms with Crippen LogP contribution in [0.5, 0.6) is 0 Å². The Morgan fingerprint density at radius 1 is 1.48 bits per heavy atom. The van der Waals surface area contributed by atoms with Crippen LogP contribution in [-0.2, 0) is 6.54 Å². The molecule has 0 aromatic carbocycles. The first-order valence-electron chi connectivity index (χ1n) is 6.51. The van der Waals surface area contributed by atoms with E-state index < -0.39 is 5.91 Å². The van der Waals surface area contributed by atoms with E-state index in [4.69, 9.17) is 17.3 Å². The molecule has 0 aliphatic rings. The summed E-state index contributed by atoms with van der Waals surface area (Å²) < 4.78 is 2.07. The van der Waals surface area contributed by atoms with Gasteiger partial charge in [-0.05, 0) is 19.4 Å². The number of imidazole rings is 1. The topological polar surface area (TPSA) is 89.9 Å². The maximum atomic E-state index is 11.4. The minimum Gasteiger partial charge on any atom is -0.365 e. The number of carbonyl (C=O) groups excluding carboxylic acids is 1. The number of amides is 1. The van der Waals surface area contributed by atoms with Crippen LogP contribution in [0, 0.1) is 6.92 Å². The molecular formula is C13H17ClN6O. The predicted molar refractivity (Wildman–Crippen MR) is 80.4 cm³/mol. The van der Waals surface area contributed by atoms with Crippen LogP contribution in [0.15, 0.2) is 18.5 Å². The predicted octanol–water partition coefficient (Wildman–Crippen LogP) is 1.26. The van der Waals surface area contributed by atoms with Gasteiger partial charge in [-0.15, -0.1) is 10.2 Å². The van der Waals surface area contributed by atoms with Crippen molar-refractivity contribution in [3.8, 4) is 0 Å². The van der Waals surface area contributed by atoms with Crippen molar-refractivity contribution in [2.75, 3.05) is 18.5 Å². The summed E-state index contributed by atoms with van der Waals surface area (Å²) >= 11 is 5.74. The van der Waals surface area contributed by atoms with Gasteiger partial charge in [0.05, 0.1) is 5.56 Å². The molecule has 0 saturated heterocycles. The van der Waals surface area contributed by atoms with Crippen molar-refractivity contribution >= 4 is 23.3 Å². The van der Waals surface area contributed by atoms with Crippen LogP contribution in [0.1, 0.15) is 22.6 Å². The van der Waals surface area contributed by atoms with Crippen LogP contribution in [-0.4, -0.2) is 39.2 Å². The van der Waals surface area contributed by atoms with E-state index in [0.29, 0.717) is 12.4 Å². The second kappa shape index (κ2) is 6.53. The molecule has 7 nitrogen and oxygen atoms in total. The Hall–Kier alpha value is -2.15. The van der Waals surface area contributed by atoms with E-state index in [0.717, 1.165) is 18.8 Å². The second-order valence-corrected chi connectivity index (χ2v) is 5.10. The van der Waals surface area contributed by atoms with E-state index in [-0.39, 0.29) is 10.7 Å². The number of hydrogen-bond donors (Lipinski definition) is 1. The Balaban J connectivity index is 2.02. The van der Waals surface area contributed by atoms with Gasteiger partial charge in [-0.1, -0.05) is 11.6 Å². The number of anilines is 1. The lowest BCUT2D eigenvalue weighted by molar-refractivity contribution is 0.100. The second-order valence-electron chi connectivity index (χ2n) is 4.71. The van der Waals surface area contributed by atoms with Crippen molar-refractivity contribution in [3.05, 3.63) is 35.0 Å².